The van der Waals surface area contributed by atoms with E-state index in [1.807, 2.05) is 36.4 Å². The molecule has 2 saturated heterocycles. The third-order valence-electron chi connectivity index (χ3n) is 11.4. The maximum atomic E-state index is 14.2. The predicted octanol–water partition coefficient (Wildman–Crippen LogP) is 3.83. The summed E-state index contributed by atoms with van der Waals surface area (Å²) in [5.74, 6) is 1.21. The Kier molecular flexibility index (Phi) is 4.42. The van der Waals surface area contributed by atoms with Crippen LogP contribution in [-0.4, -0.2) is 57.9 Å². The van der Waals surface area contributed by atoms with Gasteiger partial charge in [-0.3, -0.25) is 9.69 Å². The first-order valence-electron chi connectivity index (χ1n) is 14.1. The minimum absolute atomic E-state index is 0.0996. The van der Waals surface area contributed by atoms with Crippen molar-refractivity contribution < 1.29 is 19.7 Å². The van der Waals surface area contributed by atoms with Crippen molar-refractivity contribution in [2.45, 2.75) is 68.7 Å². The standard InChI is InChI=1S/C31H36N2O4/c1-37-23-10-9-21-15-24-29-11-12-31(36)27(22(16-29)28(35)33(31)18-19-5-3-2-4-6-19)30(29,25(21)26(23)34)13-14-32(24)17-20-7-8-20/h2-6,9-10,20,22,24,27,34,36H,7-8,11-18H2,1H3/t22-,24+,27-,29-,30-,31-/m0/s1. The van der Waals surface area contributed by atoms with Crippen molar-refractivity contribution in [1.82, 2.24) is 9.80 Å². The number of ether oxygens (including phenoxy) is 1. The predicted molar refractivity (Wildman–Crippen MR) is 138 cm³/mol. The Morgan fingerprint density at radius 3 is 2.65 bits per heavy atom. The van der Waals surface area contributed by atoms with Crippen LogP contribution in [0.1, 0.15) is 55.2 Å². The molecule has 2 aromatic carbocycles. The van der Waals surface area contributed by atoms with Crippen molar-refractivity contribution in [3.63, 3.8) is 0 Å². The van der Waals surface area contributed by atoms with Crippen molar-refractivity contribution in [3.8, 4) is 11.5 Å². The molecule has 6 aliphatic rings. The Balaban J connectivity index is 1.32. The summed E-state index contributed by atoms with van der Waals surface area (Å²) in [6.07, 6.45) is 6.74. The number of benzene rings is 2. The first-order chi connectivity index (χ1) is 17.9. The number of piperidine rings is 1. The maximum absolute atomic E-state index is 14.2. The highest BCUT2D eigenvalue weighted by Gasteiger charge is 2.82. The number of fused-ring (bicyclic) bond motifs is 1. The quantitative estimate of drug-likeness (QED) is 0.653. The van der Waals surface area contributed by atoms with Crippen molar-refractivity contribution in [3.05, 3.63) is 59.2 Å². The molecule has 2 aliphatic heterocycles. The highest BCUT2D eigenvalue weighted by Crippen LogP contribution is 2.78. The first kappa shape index (κ1) is 22.4. The van der Waals surface area contributed by atoms with E-state index in [0.29, 0.717) is 24.8 Å². The van der Waals surface area contributed by atoms with Gasteiger partial charge in [0.2, 0.25) is 5.91 Å². The van der Waals surface area contributed by atoms with Crippen LogP contribution in [0.15, 0.2) is 42.5 Å². The molecule has 6 heteroatoms. The topological polar surface area (TPSA) is 73.2 Å². The van der Waals surface area contributed by atoms with Gasteiger partial charge in [0.1, 0.15) is 5.72 Å². The molecule has 6 atom stereocenters. The Bertz CT molecular complexity index is 1290. The number of carbonyl (C=O) groups excluding carboxylic acids is 1. The van der Waals surface area contributed by atoms with Crippen LogP contribution < -0.4 is 4.74 Å². The number of hydrogen-bond donors (Lipinski definition) is 2. The number of aliphatic hydroxyl groups is 1. The third-order valence-corrected chi connectivity index (χ3v) is 11.4. The summed E-state index contributed by atoms with van der Waals surface area (Å²) in [6, 6.07) is 14.4. The minimum atomic E-state index is -1.20. The van der Waals surface area contributed by atoms with E-state index in [1.54, 1.807) is 12.0 Å². The number of carbonyl (C=O) groups is 1. The van der Waals surface area contributed by atoms with Gasteiger partial charge in [-0.1, -0.05) is 36.4 Å². The lowest BCUT2D eigenvalue weighted by Gasteiger charge is -2.67. The SMILES string of the molecule is COc1ccc2c(c1O)[C@]13CCN(CC4CC4)[C@H](C2)[C@@]12CC[C@]1(O)[C@H]3[C@H](C2)C(=O)N1Cc1ccccc1. The first-order valence-corrected chi connectivity index (χ1v) is 14.1. The van der Waals surface area contributed by atoms with Crippen LogP contribution in [0.25, 0.3) is 0 Å². The normalized spacial score (nSPS) is 39.5. The minimum Gasteiger partial charge on any atom is -0.504 e. The largest absolute Gasteiger partial charge is 0.504 e. The summed E-state index contributed by atoms with van der Waals surface area (Å²) in [7, 11) is 1.61. The van der Waals surface area contributed by atoms with E-state index < -0.39 is 11.1 Å². The second kappa shape index (κ2) is 7.29. The van der Waals surface area contributed by atoms with Crippen molar-refractivity contribution >= 4 is 5.91 Å². The fourth-order valence-corrected chi connectivity index (χ4v) is 10.0. The number of amides is 1. The average molecular weight is 501 g/mol. The molecule has 0 spiro atoms. The average Bonchev–Trinajstić information content (AvgIpc) is 3.64. The van der Waals surface area contributed by atoms with E-state index in [0.717, 1.165) is 55.8 Å². The molecule has 1 amide bonds. The Morgan fingerprint density at radius 1 is 1.08 bits per heavy atom. The molecule has 2 N–H and O–H groups in total. The lowest BCUT2D eigenvalue weighted by molar-refractivity contribution is -0.208. The number of aromatic hydroxyl groups is 1. The maximum Gasteiger partial charge on any atom is 0.228 e. The van der Waals surface area contributed by atoms with Gasteiger partial charge < -0.3 is 19.8 Å². The molecule has 0 aromatic heterocycles. The smallest absolute Gasteiger partial charge is 0.228 e. The van der Waals surface area contributed by atoms with E-state index in [9.17, 15) is 15.0 Å². The number of hydrogen-bond acceptors (Lipinski definition) is 5. The fourth-order valence-electron chi connectivity index (χ4n) is 10.0. The number of rotatable bonds is 5. The summed E-state index contributed by atoms with van der Waals surface area (Å²) < 4.78 is 5.61. The van der Waals surface area contributed by atoms with Gasteiger partial charge in [0.25, 0.3) is 0 Å². The second-order valence-corrected chi connectivity index (χ2v) is 12.8. The van der Waals surface area contributed by atoms with Crippen LogP contribution in [0.5, 0.6) is 11.5 Å². The monoisotopic (exact) mass is 500 g/mol. The van der Waals surface area contributed by atoms with E-state index in [4.69, 9.17) is 4.74 Å². The zero-order chi connectivity index (χ0) is 25.2. The summed E-state index contributed by atoms with van der Waals surface area (Å²) >= 11 is 0. The highest BCUT2D eigenvalue weighted by atomic mass is 16.5. The van der Waals surface area contributed by atoms with E-state index in [1.165, 1.54) is 18.4 Å². The molecule has 0 unspecified atom stereocenters. The zero-order valence-electron chi connectivity index (χ0n) is 21.5. The highest BCUT2D eigenvalue weighted by molar-refractivity contribution is 5.85. The molecule has 4 bridgehead atoms. The molecule has 4 aliphatic carbocycles. The number of phenols is 1. The zero-order valence-corrected chi connectivity index (χ0v) is 21.5. The summed E-state index contributed by atoms with van der Waals surface area (Å²) in [4.78, 5) is 18.7. The number of methoxy groups -OCH3 is 1. The Morgan fingerprint density at radius 2 is 1.89 bits per heavy atom. The van der Waals surface area contributed by atoms with Crippen LogP contribution >= 0.6 is 0 Å². The third kappa shape index (κ3) is 2.61. The lowest BCUT2D eigenvalue weighted by Crippen LogP contribution is -2.72. The van der Waals surface area contributed by atoms with Gasteiger partial charge in [0.05, 0.1) is 7.11 Å². The van der Waals surface area contributed by atoms with Crippen molar-refractivity contribution in [2.24, 2.45) is 23.2 Å². The molecule has 0 radical (unpaired) electrons. The molecule has 194 valence electrons. The molecular weight excluding hydrogens is 464 g/mol. The van der Waals surface area contributed by atoms with Crippen LogP contribution in [0.2, 0.25) is 0 Å². The molecule has 3 saturated carbocycles. The summed E-state index contributed by atoms with van der Waals surface area (Å²) in [5, 5.41) is 24.3. The molecule has 8 rings (SSSR count). The lowest BCUT2D eigenvalue weighted by atomic mass is 9.43. The molecule has 2 aromatic rings. The molecule has 2 heterocycles. The fraction of sp³-hybridized carbons (Fsp3) is 0.581. The van der Waals surface area contributed by atoms with Gasteiger partial charge in [-0.2, -0.15) is 0 Å². The Hall–Kier alpha value is -2.57. The van der Waals surface area contributed by atoms with Crippen LogP contribution in [-0.2, 0) is 23.2 Å². The summed E-state index contributed by atoms with van der Waals surface area (Å²) in [6.45, 7) is 2.54. The van der Waals surface area contributed by atoms with E-state index >= 15 is 0 Å². The van der Waals surface area contributed by atoms with Gasteiger partial charge in [-0.15, -0.1) is 0 Å². The van der Waals surface area contributed by atoms with Gasteiger partial charge in [0, 0.05) is 41.9 Å². The second-order valence-electron chi connectivity index (χ2n) is 12.8. The van der Waals surface area contributed by atoms with E-state index in [2.05, 4.69) is 11.0 Å². The van der Waals surface area contributed by atoms with Gasteiger partial charge in [-0.05, 0) is 80.0 Å². The molecule has 37 heavy (non-hydrogen) atoms. The van der Waals surface area contributed by atoms with Crippen molar-refractivity contribution in [1.29, 1.82) is 0 Å². The Labute approximate surface area is 218 Å². The van der Waals surface area contributed by atoms with Crippen LogP contribution in [0.3, 0.4) is 0 Å². The number of nitrogens with zero attached hydrogens (tertiary/aromatic N) is 2. The molecule has 5 fully saturated rings. The molecular formula is C31H36N2O4. The van der Waals surface area contributed by atoms with Crippen LogP contribution in [0, 0.1) is 23.2 Å². The molecule has 6 nitrogen and oxygen atoms in total. The summed E-state index contributed by atoms with van der Waals surface area (Å²) in [5.41, 5.74) is 1.47. The van der Waals surface area contributed by atoms with Gasteiger partial charge in [-0.25, -0.2) is 0 Å². The van der Waals surface area contributed by atoms with Gasteiger partial charge in [0.15, 0.2) is 11.5 Å². The number of likely N-dealkylation sites (tertiary alicyclic amines) is 2. The van der Waals surface area contributed by atoms with E-state index in [-0.39, 0.29) is 28.9 Å². The van der Waals surface area contributed by atoms with Crippen molar-refractivity contribution in [2.75, 3.05) is 20.2 Å². The number of phenolic OH excluding ortho intramolecular Hbond substituents is 1. The van der Waals surface area contributed by atoms with Gasteiger partial charge >= 0.3 is 0 Å². The van der Waals surface area contributed by atoms with Crippen LogP contribution in [0.4, 0.5) is 0 Å².